The zero-order valence-electron chi connectivity index (χ0n) is 12.8. The number of rotatable bonds is 7. The fourth-order valence-electron chi connectivity index (χ4n) is 2.56. The van der Waals surface area contributed by atoms with Crippen LogP contribution in [0.3, 0.4) is 0 Å². The van der Waals surface area contributed by atoms with Crippen molar-refractivity contribution < 1.29 is 30.0 Å². The molecule has 4 nitrogen and oxygen atoms in total. The molecule has 9 heteroatoms. The van der Waals surface area contributed by atoms with Gasteiger partial charge in [-0.1, -0.05) is 33.1 Å². The standard InChI is InChI=1S/C13H23F3O4S2/c1-3-21(4-2,20-22(18,19)13(14,15)16)10-12(17)11-8-6-5-7-9-11/h11H,3-10H2,1-2H3. The summed E-state index contributed by atoms with van der Waals surface area (Å²) in [5, 5.41) is 0. The van der Waals surface area contributed by atoms with Crippen LogP contribution in [-0.2, 0) is 18.5 Å². The van der Waals surface area contributed by atoms with Crippen LogP contribution in [0.2, 0.25) is 0 Å². The highest BCUT2D eigenvalue weighted by molar-refractivity contribution is 8.33. The van der Waals surface area contributed by atoms with Gasteiger partial charge in [-0.05, 0) is 24.3 Å². The van der Waals surface area contributed by atoms with E-state index in [1.807, 2.05) is 0 Å². The van der Waals surface area contributed by atoms with Crippen molar-refractivity contribution in [2.24, 2.45) is 5.92 Å². The number of ketones is 1. The molecule has 0 aromatic heterocycles. The van der Waals surface area contributed by atoms with Crippen LogP contribution in [0.15, 0.2) is 0 Å². The Balaban J connectivity index is 2.89. The lowest BCUT2D eigenvalue weighted by molar-refractivity contribution is -0.121. The Morgan fingerprint density at radius 3 is 2.00 bits per heavy atom. The van der Waals surface area contributed by atoms with E-state index in [0.29, 0.717) is 0 Å². The van der Waals surface area contributed by atoms with Gasteiger partial charge in [-0.2, -0.15) is 21.6 Å². The van der Waals surface area contributed by atoms with Crippen molar-refractivity contribution in [2.75, 3.05) is 17.3 Å². The molecule has 1 rings (SSSR count). The average molecular weight is 364 g/mol. The highest BCUT2D eigenvalue weighted by Gasteiger charge is 2.50. The second-order valence-corrected chi connectivity index (χ2v) is 10.7. The topological polar surface area (TPSA) is 60.4 Å². The Labute approximate surface area is 131 Å². The predicted octanol–water partition coefficient (Wildman–Crippen LogP) is 3.76. The fourth-order valence-corrected chi connectivity index (χ4v) is 6.92. The Morgan fingerprint density at radius 1 is 1.09 bits per heavy atom. The van der Waals surface area contributed by atoms with Gasteiger partial charge in [0.25, 0.3) is 0 Å². The van der Waals surface area contributed by atoms with Gasteiger partial charge in [-0.3, -0.25) is 4.79 Å². The van der Waals surface area contributed by atoms with Crippen molar-refractivity contribution in [2.45, 2.75) is 51.5 Å². The number of hydrogen-bond donors (Lipinski definition) is 0. The summed E-state index contributed by atoms with van der Waals surface area (Å²) in [5.74, 6) is -0.319. The van der Waals surface area contributed by atoms with Crippen molar-refractivity contribution in [3.8, 4) is 0 Å². The molecule has 1 fully saturated rings. The largest absolute Gasteiger partial charge is 0.523 e. The molecule has 0 heterocycles. The highest BCUT2D eigenvalue weighted by Crippen LogP contribution is 2.52. The van der Waals surface area contributed by atoms with Gasteiger partial charge < -0.3 is 0 Å². The Bertz CT molecular complexity index is 478. The Kier molecular flexibility index (Phi) is 6.76. The van der Waals surface area contributed by atoms with Crippen LogP contribution in [0, 0.1) is 5.92 Å². The first-order valence-electron chi connectivity index (χ1n) is 7.38. The third-order valence-electron chi connectivity index (χ3n) is 4.04. The maximum Gasteiger partial charge on any atom is 0.523 e. The van der Waals surface area contributed by atoms with Crippen molar-refractivity contribution in [3.05, 3.63) is 0 Å². The predicted molar refractivity (Wildman–Crippen MR) is 81.2 cm³/mol. The van der Waals surface area contributed by atoms with E-state index in [-0.39, 0.29) is 29.0 Å². The van der Waals surface area contributed by atoms with E-state index in [0.717, 1.165) is 32.1 Å². The third-order valence-corrected chi connectivity index (χ3v) is 9.39. The van der Waals surface area contributed by atoms with Crippen molar-refractivity contribution in [1.29, 1.82) is 0 Å². The molecule has 0 amide bonds. The average Bonchev–Trinajstić information content (AvgIpc) is 2.46. The lowest BCUT2D eigenvalue weighted by Gasteiger charge is -2.37. The molecule has 0 bridgehead atoms. The van der Waals surface area contributed by atoms with E-state index in [1.54, 1.807) is 13.8 Å². The van der Waals surface area contributed by atoms with Crippen LogP contribution >= 0.6 is 10.3 Å². The first-order valence-corrected chi connectivity index (χ1v) is 10.9. The van der Waals surface area contributed by atoms with Gasteiger partial charge in [0.2, 0.25) is 0 Å². The summed E-state index contributed by atoms with van der Waals surface area (Å²) in [6.07, 6.45) is 4.38. The lowest BCUT2D eigenvalue weighted by Crippen LogP contribution is -2.32. The summed E-state index contributed by atoms with van der Waals surface area (Å²) in [6.45, 7) is 3.14. The Morgan fingerprint density at radius 2 is 1.59 bits per heavy atom. The summed E-state index contributed by atoms with van der Waals surface area (Å²) in [5.41, 5.74) is -5.45. The monoisotopic (exact) mass is 364 g/mol. The fraction of sp³-hybridized carbons (Fsp3) is 0.923. The van der Waals surface area contributed by atoms with Crippen molar-refractivity contribution >= 4 is 26.2 Å². The number of carbonyl (C=O) groups excluding carboxylic acids is 1. The van der Waals surface area contributed by atoms with E-state index in [2.05, 4.69) is 3.63 Å². The van der Waals surface area contributed by atoms with Crippen LogP contribution in [0.5, 0.6) is 0 Å². The molecule has 1 aliphatic rings. The number of carbonyl (C=O) groups is 1. The normalized spacial score (nSPS) is 19.1. The minimum atomic E-state index is -5.67. The second kappa shape index (κ2) is 7.53. The first kappa shape index (κ1) is 19.8. The number of halogens is 3. The van der Waals surface area contributed by atoms with Gasteiger partial charge in [-0.25, -0.2) is 3.63 Å². The molecule has 0 saturated heterocycles. The molecular formula is C13H23F3O4S2. The van der Waals surface area contributed by atoms with Gasteiger partial charge in [-0.15, -0.1) is 10.3 Å². The van der Waals surface area contributed by atoms with Crippen LogP contribution in [0.25, 0.3) is 0 Å². The van der Waals surface area contributed by atoms with E-state index in [1.165, 1.54) is 0 Å². The SMILES string of the molecule is CCS(CC)(CC(=O)C1CCCCC1)OS(=O)(=O)C(F)(F)F. The maximum atomic E-state index is 12.5. The summed E-state index contributed by atoms with van der Waals surface area (Å²) < 4.78 is 64.8. The molecule has 0 unspecified atom stereocenters. The minimum Gasteiger partial charge on any atom is -0.298 e. The number of hydrogen-bond acceptors (Lipinski definition) is 4. The van der Waals surface area contributed by atoms with Gasteiger partial charge in [0, 0.05) is 5.92 Å². The van der Waals surface area contributed by atoms with Gasteiger partial charge in [0.05, 0.1) is 5.75 Å². The summed E-state index contributed by atoms with van der Waals surface area (Å²) in [4.78, 5) is 12.3. The van der Waals surface area contributed by atoms with Gasteiger partial charge >= 0.3 is 15.6 Å². The molecule has 1 aliphatic carbocycles. The van der Waals surface area contributed by atoms with Crippen LogP contribution in [0.4, 0.5) is 13.2 Å². The smallest absolute Gasteiger partial charge is 0.298 e. The molecule has 0 aliphatic heterocycles. The minimum absolute atomic E-state index is 0.108. The summed E-state index contributed by atoms with van der Waals surface area (Å²) in [7, 11) is -8.29. The zero-order valence-corrected chi connectivity index (χ0v) is 14.5. The molecule has 1 saturated carbocycles. The van der Waals surface area contributed by atoms with Crippen molar-refractivity contribution in [1.82, 2.24) is 0 Å². The molecular weight excluding hydrogens is 341 g/mol. The summed E-state index contributed by atoms with van der Waals surface area (Å²) in [6, 6.07) is 0. The number of Topliss-reactive ketones (excluding diaryl/α,β-unsaturated/α-hetero) is 1. The number of alkyl halides is 3. The molecule has 0 aromatic carbocycles. The second-order valence-electron chi connectivity index (χ2n) is 5.46. The van der Waals surface area contributed by atoms with E-state index >= 15 is 0 Å². The first-order chi connectivity index (χ1) is 10.1. The van der Waals surface area contributed by atoms with Crippen LogP contribution < -0.4 is 0 Å². The van der Waals surface area contributed by atoms with Gasteiger partial charge in [0.15, 0.2) is 0 Å². The van der Waals surface area contributed by atoms with Crippen LogP contribution in [-0.4, -0.2) is 37.0 Å². The molecule has 0 atom stereocenters. The zero-order chi connectivity index (χ0) is 17.0. The third kappa shape index (κ3) is 4.86. The molecule has 0 N–H and O–H groups in total. The summed E-state index contributed by atoms with van der Waals surface area (Å²) >= 11 is 0. The van der Waals surface area contributed by atoms with E-state index < -0.39 is 25.9 Å². The van der Waals surface area contributed by atoms with Crippen molar-refractivity contribution in [3.63, 3.8) is 0 Å². The van der Waals surface area contributed by atoms with Crippen LogP contribution in [0.1, 0.15) is 46.0 Å². The lowest BCUT2D eigenvalue weighted by atomic mass is 9.87. The maximum absolute atomic E-state index is 12.5. The molecule has 0 spiro atoms. The highest BCUT2D eigenvalue weighted by atomic mass is 32.3. The molecule has 0 aromatic rings. The molecule has 132 valence electrons. The quantitative estimate of drug-likeness (QED) is 0.645. The van der Waals surface area contributed by atoms with E-state index in [9.17, 15) is 26.4 Å². The Hall–Kier alpha value is -0.280. The van der Waals surface area contributed by atoms with Gasteiger partial charge in [0.1, 0.15) is 5.78 Å². The molecule has 22 heavy (non-hydrogen) atoms. The van der Waals surface area contributed by atoms with E-state index in [4.69, 9.17) is 0 Å². The molecule has 0 radical (unpaired) electrons.